The molecule has 35 heavy (non-hydrogen) atoms. The first-order chi connectivity index (χ1) is 17.0. The highest BCUT2D eigenvalue weighted by molar-refractivity contribution is 6.33. The maximum absolute atomic E-state index is 13.1. The monoisotopic (exact) mass is 488 g/mol. The van der Waals surface area contributed by atoms with Crippen LogP contribution in [0.3, 0.4) is 0 Å². The molecule has 2 amide bonds. The molecule has 8 nitrogen and oxygen atoms in total. The Morgan fingerprint density at radius 3 is 2.54 bits per heavy atom. The number of amides is 2. The first-order valence-electron chi connectivity index (χ1n) is 10.6. The zero-order valence-electron chi connectivity index (χ0n) is 18.2. The number of anilines is 2. The van der Waals surface area contributed by atoms with Crippen LogP contribution in [-0.4, -0.2) is 25.7 Å². The lowest BCUT2D eigenvalue weighted by molar-refractivity contribution is 0.262. The fourth-order valence-corrected chi connectivity index (χ4v) is 3.54. The van der Waals surface area contributed by atoms with E-state index in [2.05, 4.69) is 25.8 Å². The maximum Gasteiger partial charge on any atom is 0.323 e. The van der Waals surface area contributed by atoms with Crippen molar-refractivity contribution in [1.29, 1.82) is 0 Å². The van der Waals surface area contributed by atoms with E-state index in [1.54, 1.807) is 48.9 Å². The van der Waals surface area contributed by atoms with E-state index in [0.29, 0.717) is 40.0 Å². The molecular formula is C25H18ClFN6O2. The number of halogens is 2. The molecule has 5 aromatic rings. The van der Waals surface area contributed by atoms with Gasteiger partial charge in [0.1, 0.15) is 11.5 Å². The van der Waals surface area contributed by atoms with Crippen molar-refractivity contribution in [3.05, 3.63) is 102 Å². The van der Waals surface area contributed by atoms with Crippen LogP contribution in [0.5, 0.6) is 0 Å². The summed E-state index contributed by atoms with van der Waals surface area (Å²) in [4.78, 5) is 20.9. The molecular weight excluding hydrogens is 471 g/mol. The lowest BCUT2D eigenvalue weighted by Crippen LogP contribution is -2.19. The molecule has 10 heteroatoms. The number of rotatable bonds is 6. The van der Waals surface area contributed by atoms with Gasteiger partial charge in [-0.15, -0.1) is 0 Å². The molecule has 0 spiro atoms. The van der Waals surface area contributed by atoms with Gasteiger partial charge in [-0.2, -0.15) is 4.98 Å². The Labute approximate surface area is 204 Å². The van der Waals surface area contributed by atoms with E-state index in [1.165, 1.54) is 12.1 Å². The van der Waals surface area contributed by atoms with E-state index in [9.17, 15) is 9.18 Å². The Balaban J connectivity index is 1.20. The smallest absolute Gasteiger partial charge is 0.323 e. The molecule has 0 unspecified atom stereocenters. The van der Waals surface area contributed by atoms with Crippen molar-refractivity contribution in [2.45, 2.75) is 6.54 Å². The van der Waals surface area contributed by atoms with Gasteiger partial charge in [0.25, 0.3) is 5.89 Å². The third-order valence-corrected chi connectivity index (χ3v) is 5.41. The van der Waals surface area contributed by atoms with Gasteiger partial charge in [-0.25, -0.2) is 14.2 Å². The molecule has 0 bridgehead atoms. The molecule has 0 fully saturated rings. The number of aromatic nitrogens is 4. The number of hydrogen-bond acceptors (Lipinski definition) is 5. The van der Waals surface area contributed by atoms with Crippen LogP contribution in [0.4, 0.5) is 20.6 Å². The normalized spacial score (nSPS) is 10.8. The van der Waals surface area contributed by atoms with Crippen LogP contribution in [0.25, 0.3) is 23.0 Å². The predicted molar refractivity (Wildman–Crippen MR) is 131 cm³/mol. The topological polar surface area (TPSA) is 97.9 Å². The number of nitrogens with zero attached hydrogens (tertiary/aromatic N) is 4. The number of carbonyl (C=O) groups excluding carboxylic acids is 1. The Morgan fingerprint density at radius 1 is 1.00 bits per heavy atom. The molecule has 174 valence electrons. The molecule has 5 rings (SSSR count). The summed E-state index contributed by atoms with van der Waals surface area (Å²) in [7, 11) is 0. The molecule has 3 aromatic carbocycles. The van der Waals surface area contributed by atoms with E-state index in [0.717, 1.165) is 5.56 Å². The summed E-state index contributed by atoms with van der Waals surface area (Å²) in [6.45, 7) is 0.554. The highest BCUT2D eigenvalue weighted by atomic mass is 35.5. The molecule has 0 aliphatic rings. The molecule has 2 heterocycles. The number of nitrogens with one attached hydrogen (secondary N) is 2. The average Bonchev–Trinajstić information content (AvgIpc) is 3.52. The van der Waals surface area contributed by atoms with Crippen LogP contribution in [0.15, 0.2) is 89.8 Å². The van der Waals surface area contributed by atoms with Crippen molar-refractivity contribution >= 4 is 29.0 Å². The van der Waals surface area contributed by atoms with Crippen LogP contribution in [0.1, 0.15) is 5.56 Å². The number of urea groups is 1. The first-order valence-corrected chi connectivity index (χ1v) is 10.9. The molecule has 2 N–H and O–H groups in total. The largest absolute Gasteiger partial charge is 0.332 e. The summed E-state index contributed by atoms with van der Waals surface area (Å²) in [6, 6.07) is 19.9. The zero-order chi connectivity index (χ0) is 24.2. The fourth-order valence-electron chi connectivity index (χ4n) is 3.35. The molecule has 0 saturated carbocycles. The highest BCUT2D eigenvalue weighted by Crippen LogP contribution is 2.22. The van der Waals surface area contributed by atoms with Crippen LogP contribution < -0.4 is 10.6 Å². The molecule has 0 radical (unpaired) electrons. The third-order valence-electron chi connectivity index (χ3n) is 5.08. The number of imidazole rings is 1. The molecule has 0 aliphatic heterocycles. The van der Waals surface area contributed by atoms with E-state index in [-0.39, 0.29) is 17.7 Å². The summed E-state index contributed by atoms with van der Waals surface area (Å²) in [5.74, 6) is 0.295. The van der Waals surface area contributed by atoms with Gasteiger partial charge in [0.15, 0.2) is 0 Å². The number of para-hydroxylation sites is 1. The zero-order valence-corrected chi connectivity index (χ0v) is 18.9. The highest BCUT2D eigenvalue weighted by Gasteiger charge is 2.13. The number of carbonyl (C=O) groups is 1. The fraction of sp³-hybridized carbons (Fsp3) is 0.0400. The Morgan fingerprint density at radius 2 is 1.77 bits per heavy atom. The first kappa shape index (κ1) is 22.3. The molecule has 0 atom stereocenters. The van der Waals surface area contributed by atoms with Gasteiger partial charge in [0.05, 0.1) is 17.0 Å². The summed E-state index contributed by atoms with van der Waals surface area (Å²) in [5.41, 5.74) is 3.35. The third kappa shape index (κ3) is 5.36. The standard InChI is InChI=1S/C25H18ClFN6O2/c26-20-3-1-2-4-21(20)30-25(34)29-19-11-5-16(6-12-19)13-33-14-22(28-15-33)24-31-23(32-35-24)17-7-9-18(27)10-8-17/h1-12,14-15H,13H2,(H2,29,30,34). The second-order valence-corrected chi connectivity index (χ2v) is 8.02. The summed E-state index contributed by atoms with van der Waals surface area (Å²) < 4.78 is 20.3. The van der Waals surface area contributed by atoms with Crippen molar-refractivity contribution < 1.29 is 13.7 Å². The molecule has 0 aliphatic carbocycles. The summed E-state index contributed by atoms with van der Waals surface area (Å²) >= 11 is 6.07. The van der Waals surface area contributed by atoms with Crippen molar-refractivity contribution in [2.24, 2.45) is 0 Å². The van der Waals surface area contributed by atoms with Gasteiger partial charge in [-0.3, -0.25) is 0 Å². The lowest BCUT2D eigenvalue weighted by atomic mass is 10.2. The van der Waals surface area contributed by atoms with Gasteiger partial charge >= 0.3 is 6.03 Å². The minimum Gasteiger partial charge on any atom is -0.332 e. The summed E-state index contributed by atoms with van der Waals surface area (Å²) in [5, 5.41) is 9.90. The minimum atomic E-state index is -0.385. The van der Waals surface area contributed by atoms with E-state index >= 15 is 0 Å². The van der Waals surface area contributed by atoms with E-state index < -0.39 is 0 Å². The van der Waals surface area contributed by atoms with Crippen molar-refractivity contribution in [1.82, 2.24) is 19.7 Å². The maximum atomic E-state index is 13.1. The van der Waals surface area contributed by atoms with Crippen LogP contribution in [-0.2, 0) is 6.54 Å². The second-order valence-electron chi connectivity index (χ2n) is 7.62. The summed E-state index contributed by atoms with van der Waals surface area (Å²) in [6.07, 6.45) is 3.46. The SMILES string of the molecule is O=C(Nc1ccc(Cn2cnc(-c3nc(-c4ccc(F)cc4)no3)c2)cc1)Nc1ccccc1Cl. The van der Waals surface area contributed by atoms with Crippen LogP contribution >= 0.6 is 11.6 Å². The van der Waals surface area contributed by atoms with Crippen molar-refractivity contribution in [3.63, 3.8) is 0 Å². The van der Waals surface area contributed by atoms with Crippen molar-refractivity contribution in [2.75, 3.05) is 10.6 Å². The van der Waals surface area contributed by atoms with Gasteiger partial charge in [-0.1, -0.05) is 41.0 Å². The van der Waals surface area contributed by atoms with Gasteiger partial charge in [0.2, 0.25) is 5.82 Å². The van der Waals surface area contributed by atoms with Gasteiger partial charge in [-0.05, 0) is 54.1 Å². The lowest BCUT2D eigenvalue weighted by Gasteiger charge is -2.09. The van der Waals surface area contributed by atoms with E-state index in [1.807, 2.05) is 28.8 Å². The predicted octanol–water partition coefficient (Wildman–Crippen LogP) is 6.08. The van der Waals surface area contributed by atoms with Gasteiger partial charge < -0.3 is 19.7 Å². The van der Waals surface area contributed by atoms with E-state index in [4.69, 9.17) is 16.1 Å². The van der Waals surface area contributed by atoms with Crippen LogP contribution in [0.2, 0.25) is 5.02 Å². The number of hydrogen-bond donors (Lipinski definition) is 2. The van der Waals surface area contributed by atoms with Gasteiger partial charge in [0, 0.05) is 24.0 Å². The number of benzene rings is 3. The minimum absolute atomic E-state index is 0.271. The molecule has 0 saturated heterocycles. The quantitative estimate of drug-likeness (QED) is 0.301. The van der Waals surface area contributed by atoms with Crippen LogP contribution in [0, 0.1) is 5.82 Å². The second kappa shape index (κ2) is 9.78. The molecule has 2 aromatic heterocycles. The average molecular weight is 489 g/mol. The Kier molecular flexibility index (Phi) is 6.23. The Bertz CT molecular complexity index is 1460. The van der Waals surface area contributed by atoms with Crippen molar-refractivity contribution in [3.8, 4) is 23.0 Å². The Hall–Kier alpha value is -4.50.